The molecule has 0 spiro atoms. The van der Waals surface area contributed by atoms with Crippen LogP contribution in [0, 0.1) is 6.92 Å². The Balaban J connectivity index is 1.84. The van der Waals surface area contributed by atoms with Crippen molar-refractivity contribution in [3.63, 3.8) is 0 Å². The van der Waals surface area contributed by atoms with Crippen LogP contribution in [-0.4, -0.2) is 62.5 Å². The molecular weight excluding hydrogens is 326 g/mol. The molecule has 0 atom stereocenters. The van der Waals surface area contributed by atoms with Gasteiger partial charge in [-0.05, 0) is 24.6 Å². The Hall–Kier alpha value is -1.15. The normalized spacial score (nSPS) is 17.4. The van der Waals surface area contributed by atoms with Gasteiger partial charge in [0.25, 0.3) is 0 Å². The number of nitrogens with zero attached hydrogens (tertiary/aromatic N) is 2. The second-order valence-corrected chi connectivity index (χ2v) is 7.84. The van der Waals surface area contributed by atoms with Crippen LogP contribution in [0.5, 0.6) is 0 Å². The van der Waals surface area contributed by atoms with Gasteiger partial charge < -0.3 is 5.32 Å². The van der Waals surface area contributed by atoms with Gasteiger partial charge in [0, 0.05) is 36.9 Å². The SMILES string of the molecule is Cc1ccc(NC(=O)CN2CCN(S(C)(=O)=O)CC2)cc1Cl. The number of hydrogen-bond donors (Lipinski definition) is 1. The quantitative estimate of drug-likeness (QED) is 0.889. The van der Waals surface area contributed by atoms with Crippen molar-refractivity contribution in [3.05, 3.63) is 28.8 Å². The first-order valence-corrected chi connectivity index (χ1v) is 9.22. The number of rotatable bonds is 4. The number of amides is 1. The van der Waals surface area contributed by atoms with Crippen molar-refractivity contribution in [2.75, 3.05) is 44.3 Å². The Kier molecular flexibility index (Phi) is 5.44. The Morgan fingerprint density at radius 1 is 1.27 bits per heavy atom. The fourth-order valence-corrected chi connectivity index (χ4v) is 3.30. The molecule has 22 heavy (non-hydrogen) atoms. The number of aryl methyl sites for hydroxylation is 1. The van der Waals surface area contributed by atoms with Crippen molar-refractivity contribution < 1.29 is 13.2 Å². The van der Waals surface area contributed by atoms with E-state index in [0.717, 1.165) is 5.56 Å². The van der Waals surface area contributed by atoms with Gasteiger partial charge in [0.2, 0.25) is 15.9 Å². The summed E-state index contributed by atoms with van der Waals surface area (Å²) in [6, 6.07) is 5.37. The van der Waals surface area contributed by atoms with E-state index in [0.29, 0.717) is 36.9 Å². The van der Waals surface area contributed by atoms with Crippen LogP contribution in [0.1, 0.15) is 5.56 Å². The Morgan fingerprint density at radius 2 is 1.91 bits per heavy atom. The molecule has 1 N–H and O–H groups in total. The Morgan fingerprint density at radius 3 is 2.45 bits per heavy atom. The number of halogens is 1. The molecule has 6 nitrogen and oxygen atoms in total. The second-order valence-electron chi connectivity index (χ2n) is 5.45. The molecular formula is C14H20ClN3O3S. The summed E-state index contributed by atoms with van der Waals surface area (Å²) in [4.78, 5) is 14.0. The number of carbonyl (C=O) groups excluding carboxylic acids is 1. The molecule has 0 bridgehead atoms. The zero-order chi connectivity index (χ0) is 16.3. The largest absolute Gasteiger partial charge is 0.325 e. The van der Waals surface area contributed by atoms with Crippen LogP contribution in [0.3, 0.4) is 0 Å². The van der Waals surface area contributed by atoms with Crippen molar-refractivity contribution in [2.45, 2.75) is 6.92 Å². The molecule has 122 valence electrons. The Bertz CT molecular complexity index is 655. The molecule has 1 heterocycles. The first-order valence-electron chi connectivity index (χ1n) is 6.99. The molecule has 0 unspecified atom stereocenters. The van der Waals surface area contributed by atoms with Crippen LogP contribution in [0.15, 0.2) is 18.2 Å². The highest BCUT2D eigenvalue weighted by atomic mass is 35.5. The highest BCUT2D eigenvalue weighted by Crippen LogP contribution is 2.19. The van der Waals surface area contributed by atoms with E-state index in [4.69, 9.17) is 11.6 Å². The van der Waals surface area contributed by atoms with Crippen LogP contribution >= 0.6 is 11.6 Å². The van der Waals surface area contributed by atoms with Crippen molar-refractivity contribution in [3.8, 4) is 0 Å². The predicted octanol–water partition coefficient (Wildman–Crippen LogP) is 1.16. The lowest BCUT2D eigenvalue weighted by Gasteiger charge is -2.32. The molecule has 1 aliphatic heterocycles. The van der Waals surface area contributed by atoms with E-state index in [1.165, 1.54) is 10.6 Å². The van der Waals surface area contributed by atoms with E-state index in [-0.39, 0.29) is 12.5 Å². The van der Waals surface area contributed by atoms with E-state index < -0.39 is 10.0 Å². The summed E-state index contributed by atoms with van der Waals surface area (Å²) in [5, 5.41) is 3.41. The van der Waals surface area contributed by atoms with Crippen LogP contribution in [0.25, 0.3) is 0 Å². The number of benzene rings is 1. The van der Waals surface area contributed by atoms with Crippen LogP contribution in [0.4, 0.5) is 5.69 Å². The molecule has 0 radical (unpaired) electrons. The second kappa shape index (κ2) is 6.95. The van der Waals surface area contributed by atoms with Crippen LogP contribution in [0.2, 0.25) is 5.02 Å². The lowest BCUT2D eigenvalue weighted by molar-refractivity contribution is -0.117. The minimum absolute atomic E-state index is 0.132. The van der Waals surface area contributed by atoms with Gasteiger partial charge in [-0.3, -0.25) is 9.69 Å². The predicted molar refractivity (Wildman–Crippen MR) is 87.7 cm³/mol. The maximum Gasteiger partial charge on any atom is 0.238 e. The lowest BCUT2D eigenvalue weighted by Crippen LogP contribution is -2.50. The summed E-state index contributed by atoms with van der Waals surface area (Å²) in [5.41, 5.74) is 1.62. The fraction of sp³-hybridized carbons (Fsp3) is 0.500. The number of hydrogen-bond acceptors (Lipinski definition) is 4. The minimum Gasteiger partial charge on any atom is -0.325 e. The van der Waals surface area contributed by atoms with Crippen LogP contribution in [-0.2, 0) is 14.8 Å². The fourth-order valence-electron chi connectivity index (χ4n) is 2.29. The molecule has 1 aromatic rings. The first-order chi connectivity index (χ1) is 10.3. The van der Waals surface area contributed by atoms with E-state index in [9.17, 15) is 13.2 Å². The molecule has 1 saturated heterocycles. The Labute approximate surface area is 136 Å². The van der Waals surface area contributed by atoms with Gasteiger partial charge in [-0.1, -0.05) is 17.7 Å². The van der Waals surface area contributed by atoms with Gasteiger partial charge in [-0.15, -0.1) is 0 Å². The highest BCUT2D eigenvalue weighted by molar-refractivity contribution is 7.88. The zero-order valence-electron chi connectivity index (χ0n) is 12.7. The lowest BCUT2D eigenvalue weighted by atomic mass is 10.2. The maximum absolute atomic E-state index is 12.0. The molecule has 8 heteroatoms. The van der Waals surface area contributed by atoms with Gasteiger partial charge in [0.1, 0.15) is 0 Å². The molecule has 0 saturated carbocycles. The zero-order valence-corrected chi connectivity index (χ0v) is 14.2. The van der Waals surface area contributed by atoms with Crippen LogP contribution < -0.4 is 5.32 Å². The van der Waals surface area contributed by atoms with E-state index in [1.807, 2.05) is 17.9 Å². The number of carbonyl (C=O) groups is 1. The monoisotopic (exact) mass is 345 g/mol. The minimum atomic E-state index is -3.14. The maximum atomic E-state index is 12.0. The summed E-state index contributed by atoms with van der Waals surface area (Å²) in [5.74, 6) is -0.132. The summed E-state index contributed by atoms with van der Waals surface area (Å²) in [6.07, 6.45) is 1.20. The first kappa shape index (κ1) is 17.2. The third kappa shape index (κ3) is 4.67. The number of nitrogens with one attached hydrogen (secondary N) is 1. The number of sulfonamides is 1. The van der Waals surface area contributed by atoms with E-state index in [1.54, 1.807) is 12.1 Å². The van der Waals surface area contributed by atoms with E-state index >= 15 is 0 Å². The van der Waals surface area contributed by atoms with E-state index in [2.05, 4.69) is 5.32 Å². The average molecular weight is 346 g/mol. The molecule has 1 amide bonds. The third-order valence-electron chi connectivity index (χ3n) is 3.62. The van der Waals surface area contributed by atoms with Crippen molar-refractivity contribution in [2.24, 2.45) is 0 Å². The van der Waals surface area contributed by atoms with Crippen molar-refractivity contribution in [1.29, 1.82) is 0 Å². The molecule has 2 rings (SSSR count). The van der Waals surface area contributed by atoms with Gasteiger partial charge in [0.05, 0.1) is 12.8 Å². The summed E-state index contributed by atoms with van der Waals surface area (Å²) in [6.45, 7) is 4.08. The summed E-state index contributed by atoms with van der Waals surface area (Å²) < 4.78 is 24.3. The van der Waals surface area contributed by atoms with Gasteiger partial charge >= 0.3 is 0 Å². The van der Waals surface area contributed by atoms with Gasteiger partial charge in [0.15, 0.2) is 0 Å². The summed E-state index contributed by atoms with van der Waals surface area (Å²) >= 11 is 6.02. The highest BCUT2D eigenvalue weighted by Gasteiger charge is 2.24. The van der Waals surface area contributed by atoms with Crippen molar-refractivity contribution in [1.82, 2.24) is 9.21 Å². The molecule has 0 aromatic heterocycles. The average Bonchev–Trinajstić information content (AvgIpc) is 2.42. The molecule has 1 aromatic carbocycles. The smallest absolute Gasteiger partial charge is 0.238 e. The van der Waals surface area contributed by atoms with Gasteiger partial charge in [-0.2, -0.15) is 4.31 Å². The summed E-state index contributed by atoms with van der Waals surface area (Å²) in [7, 11) is -3.14. The topological polar surface area (TPSA) is 69.7 Å². The molecule has 1 aliphatic rings. The number of anilines is 1. The molecule has 1 fully saturated rings. The third-order valence-corrected chi connectivity index (χ3v) is 5.33. The molecule has 0 aliphatic carbocycles. The number of piperazine rings is 1. The van der Waals surface area contributed by atoms with Gasteiger partial charge in [-0.25, -0.2) is 8.42 Å². The van der Waals surface area contributed by atoms with Crippen molar-refractivity contribution >= 4 is 33.2 Å². The standard InChI is InChI=1S/C14H20ClN3O3S/c1-11-3-4-12(9-13(11)15)16-14(19)10-17-5-7-18(8-6-17)22(2,20)21/h3-4,9H,5-8,10H2,1-2H3,(H,16,19).